The largest absolute Gasteiger partial charge is 0.506 e. The van der Waals surface area contributed by atoms with Gasteiger partial charge in [-0.15, -0.1) is 0 Å². The van der Waals surface area contributed by atoms with E-state index in [1.807, 2.05) is 49.4 Å². The normalized spacial score (nSPS) is 16.0. The van der Waals surface area contributed by atoms with E-state index in [9.17, 15) is 10.2 Å². The number of likely N-dealkylation sites (tertiary alicyclic amines) is 1. The van der Waals surface area contributed by atoms with E-state index in [1.165, 1.54) is 0 Å². The first-order chi connectivity index (χ1) is 17.0. The van der Waals surface area contributed by atoms with Crippen LogP contribution < -0.4 is 5.32 Å². The first-order valence-corrected chi connectivity index (χ1v) is 12.3. The van der Waals surface area contributed by atoms with E-state index in [2.05, 4.69) is 38.8 Å². The summed E-state index contributed by atoms with van der Waals surface area (Å²) in [7, 11) is 0. The monoisotopic (exact) mass is 471 g/mol. The number of piperidine rings is 1. The molecule has 0 aliphatic carbocycles. The van der Waals surface area contributed by atoms with Crippen molar-refractivity contribution in [2.75, 3.05) is 25.0 Å². The molecule has 5 rings (SSSR count). The first-order valence-electron chi connectivity index (χ1n) is 12.3. The van der Waals surface area contributed by atoms with Gasteiger partial charge in [0.15, 0.2) is 0 Å². The first kappa shape index (κ1) is 23.3. The van der Waals surface area contributed by atoms with Crippen molar-refractivity contribution in [2.24, 2.45) is 0 Å². The van der Waals surface area contributed by atoms with E-state index in [4.69, 9.17) is 4.98 Å². The molecule has 7 heteroatoms. The zero-order chi connectivity index (χ0) is 24.4. The van der Waals surface area contributed by atoms with Crippen LogP contribution in [0.5, 0.6) is 5.75 Å². The van der Waals surface area contributed by atoms with Gasteiger partial charge in [0.2, 0.25) is 5.95 Å². The number of fused-ring (bicyclic) bond motifs is 1. The van der Waals surface area contributed by atoms with Crippen LogP contribution in [0.3, 0.4) is 0 Å². The Morgan fingerprint density at radius 1 is 0.971 bits per heavy atom. The highest BCUT2D eigenvalue weighted by atomic mass is 16.3. The van der Waals surface area contributed by atoms with E-state index in [0.29, 0.717) is 18.8 Å². The van der Waals surface area contributed by atoms with Gasteiger partial charge in [-0.2, -0.15) is 0 Å². The summed E-state index contributed by atoms with van der Waals surface area (Å²) in [6.45, 7) is 6.93. The van der Waals surface area contributed by atoms with E-state index in [-0.39, 0.29) is 11.8 Å². The molecular formula is C28H33N5O2. The molecule has 1 aliphatic rings. The molecule has 0 saturated carbocycles. The fourth-order valence-electron chi connectivity index (χ4n) is 4.89. The zero-order valence-corrected chi connectivity index (χ0v) is 20.4. The van der Waals surface area contributed by atoms with Crippen LogP contribution in [0.25, 0.3) is 11.0 Å². The van der Waals surface area contributed by atoms with Crippen LogP contribution in [-0.2, 0) is 6.54 Å². The number of hydrogen-bond donors (Lipinski definition) is 3. The molecular weight excluding hydrogens is 438 g/mol. The third-order valence-corrected chi connectivity index (χ3v) is 6.91. The van der Waals surface area contributed by atoms with Crippen molar-refractivity contribution in [3.63, 3.8) is 0 Å². The Morgan fingerprint density at radius 2 is 1.74 bits per heavy atom. The molecule has 0 radical (unpaired) electrons. The predicted molar refractivity (Wildman–Crippen MR) is 139 cm³/mol. The minimum absolute atomic E-state index is 0.196. The van der Waals surface area contributed by atoms with Crippen LogP contribution in [0.15, 0.2) is 60.7 Å². The van der Waals surface area contributed by atoms with Crippen molar-refractivity contribution < 1.29 is 10.2 Å². The number of hydrogen-bond acceptors (Lipinski definition) is 6. The summed E-state index contributed by atoms with van der Waals surface area (Å²) in [4.78, 5) is 11.9. The molecule has 1 saturated heterocycles. The average Bonchev–Trinajstić information content (AvgIpc) is 3.21. The molecule has 3 N–H and O–H groups in total. The number of imidazole rings is 1. The summed E-state index contributed by atoms with van der Waals surface area (Å²) in [5, 5.41) is 24.7. The number of nitrogens with one attached hydrogen (secondary N) is 1. The molecule has 0 amide bonds. The Labute approximate surface area is 206 Å². The van der Waals surface area contributed by atoms with E-state index >= 15 is 0 Å². The Morgan fingerprint density at radius 3 is 2.51 bits per heavy atom. The van der Waals surface area contributed by atoms with Crippen molar-refractivity contribution >= 4 is 17.0 Å². The summed E-state index contributed by atoms with van der Waals surface area (Å²) in [5.74, 6) is 1.00. The van der Waals surface area contributed by atoms with Gasteiger partial charge in [0.25, 0.3) is 0 Å². The van der Waals surface area contributed by atoms with Crippen LogP contribution in [0.1, 0.15) is 41.5 Å². The maximum Gasteiger partial charge on any atom is 0.204 e. The molecule has 7 nitrogen and oxygen atoms in total. The summed E-state index contributed by atoms with van der Waals surface area (Å²) in [6, 6.07) is 19.9. The summed E-state index contributed by atoms with van der Waals surface area (Å²) in [6.07, 6.45) is 1.47. The van der Waals surface area contributed by atoms with Gasteiger partial charge >= 0.3 is 0 Å². The summed E-state index contributed by atoms with van der Waals surface area (Å²) < 4.78 is 2.12. The summed E-state index contributed by atoms with van der Waals surface area (Å²) in [5.41, 5.74) is 5.58. The number of aryl methyl sites for hydroxylation is 2. The van der Waals surface area contributed by atoms with Crippen LogP contribution in [0.4, 0.5) is 5.95 Å². The Bertz CT molecular complexity index is 1300. The molecule has 1 atom stereocenters. The van der Waals surface area contributed by atoms with E-state index in [1.54, 1.807) is 6.07 Å². The van der Waals surface area contributed by atoms with Crippen LogP contribution in [-0.4, -0.2) is 55.3 Å². The second-order valence-corrected chi connectivity index (χ2v) is 9.53. The van der Waals surface area contributed by atoms with Crippen LogP contribution >= 0.6 is 0 Å². The Kier molecular flexibility index (Phi) is 6.70. The van der Waals surface area contributed by atoms with Gasteiger partial charge in [0.05, 0.1) is 23.7 Å². The molecule has 0 bridgehead atoms. The average molecular weight is 472 g/mol. The fourth-order valence-corrected chi connectivity index (χ4v) is 4.89. The standard InChI is InChI=1S/C28H33N5O2/c1-19-7-6-10-24-27(19)31-28(33(24)17-23-25(34)12-11-20(2)29-23)30-22-13-15-32(16-14-22)18-26(35)21-8-4-3-5-9-21/h3-12,22,26,34-35H,13-18H2,1-2H3,(H,30,31). The molecule has 1 unspecified atom stereocenters. The lowest BCUT2D eigenvalue weighted by molar-refractivity contribution is 0.0990. The topological polar surface area (TPSA) is 86.4 Å². The molecule has 2 aromatic carbocycles. The van der Waals surface area contributed by atoms with Gasteiger partial charge in [-0.1, -0.05) is 42.5 Å². The van der Waals surface area contributed by atoms with Gasteiger partial charge in [-0.05, 0) is 56.0 Å². The smallest absolute Gasteiger partial charge is 0.204 e. The zero-order valence-electron chi connectivity index (χ0n) is 20.4. The van der Waals surface area contributed by atoms with Crippen molar-refractivity contribution in [1.29, 1.82) is 0 Å². The number of nitrogens with zero attached hydrogens (tertiary/aromatic N) is 4. The molecule has 1 fully saturated rings. The van der Waals surface area contributed by atoms with Crippen molar-refractivity contribution in [3.05, 3.63) is 83.2 Å². The molecule has 2 aromatic heterocycles. The van der Waals surface area contributed by atoms with Gasteiger partial charge < -0.3 is 25.0 Å². The minimum Gasteiger partial charge on any atom is -0.506 e. The molecule has 0 spiro atoms. The number of aliphatic hydroxyl groups is 1. The number of aromatic hydroxyl groups is 1. The quantitative estimate of drug-likeness (QED) is 0.370. The van der Waals surface area contributed by atoms with Crippen molar-refractivity contribution in [3.8, 4) is 5.75 Å². The predicted octanol–water partition coefficient (Wildman–Crippen LogP) is 4.41. The van der Waals surface area contributed by atoms with E-state index < -0.39 is 6.10 Å². The molecule has 3 heterocycles. The third-order valence-electron chi connectivity index (χ3n) is 6.91. The molecule has 4 aromatic rings. The number of rotatable bonds is 7. The highest BCUT2D eigenvalue weighted by Gasteiger charge is 2.24. The second-order valence-electron chi connectivity index (χ2n) is 9.53. The van der Waals surface area contributed by atoms with Crippen molar-refractivity contribution in [1.82, 2.24) is 19.4 Å². The Balaban J connectivity index is 1.31. The van der Waals surface area contributed by atoms with Gasteiger partial charge in [0, 0.05) is 31.4 Å². The van der Waals surface area contributed by atoms with Gasteiger partial charge in [-0.25, -0.2) is 4.98 Å². The summed E-state index contributed by atoms with van der Waals surface area (Å²) >= 11 is 0. The Hall–Kier alpha value is -3.42. The number of β-amino-alcohol motifs (C(OH)–C–C–N with tert-alkyl or cyclic N) is 1. The number of aliphatic hydroxyl groups excluding tert-OH is 1. The number of pyridine rings is 1. The third kappa shape index (κ3) is 5.16. The van der Waals surface area contributed by atoms with Gasteiger partial charge in [-0.3, -0.25) is 4.98 Å². The van der Waals surface area contributed by atoms with Crippen LogP contribution in [0, 0.1) is 13.8 Å². The second kappa shape index (κ2) is 10.1. The highest BCUT2D eigenvalue weighted by Crippen LogP contribution is 2.27. The maximum atomic E-state index is 10.6. The molecule has 1 aliphatic heterocycles. The van der Waals surface area contributed by atoms with E-state index in [0.717, 1.165) is 59.7 Å². The lowest BCUT2D eigenvalue weighted by Gasteiger charge is -2.33. The van der Waals surface area contributed by atoms with Gasteiger partial charge in [0.1, 0.15) is 11.4 Å². The number of para-hydroxylation sites is 1. The SMILES string of the molecule is Cc1ccc(O)c(Cn2c(NC3CCN(CC(O)c4ccccc4)CC3)nc3c(C)cccc32)n1. The molecule has 182 valence electrons. The molecule has 35 heavy (non-hydrogen) atoms. The number of aromatic nitrogens is 3. The van der Waals surface area contributed by atoms with Crippen LogP contribution in [0.2, 0.25) is 0 Å². The number of benzene rings is 2. The number of anilines is 1. The minimum atomic E-state index is -0.470. The maximum absolute atomic E-state index is 10.6. The highest BCUT2D eigenvalue weighted by molar-refractivity contribution is 5.82. The fraction of sp³-hybridized carbons (Fsp3) is 0.357. The lowest BCUT2D eigenvalue weighted by atomic mass is 10.0. The van der Waals surface area contributed by atoms with Crippen molar-refractivity contribution in [2.45, 2.75) is 45.4 Å². The lowest BCUT2D eigenvalue weighted by Crippen LogP contribution is -2.41.